The third-order valence-electron chi connectivity index (χ3n) is 2.77. The molecular formula is C14H17N3O3S2. The van der Waals surface area contributed by atoms with Crippen molar-refractivity contribution in [1.82, 2.24) is 10.2 Å². The van der Waals surface area contributed by atoms with Crippen molar-refractivity contribution in [2.24, 2.45) is 0 Å². The molecule has 0 atom stereocenters. The molecule has 22 heavy (non-hydrogen) atoms. The summed E-state index contributed by atoms with van der Waals surface area (Å²) in [5.41, 5.74) is 0.505. The highest BCUT2D eigenvalue weighted by Crippen LogP contribution is 2.29. The molecule has 1 heterocycles. The first kappa shape index (κ1) is 16.6. The van der Waals surface area contributed by atoms with E-state index in [0.29, 0.717) is 17.1 Å². The number of ether oxygens (including phenoxy) is 2. The Morgan fingerprint density at radius 1 is 1.32 bits per heavy atom. The number of benzene rings is 1. The van der Waals surface area contributed by atoms with E-state index in [1.807, 2.05) is 6.92 Å². The van der Waals surface area contributed by atoms with E-state index in [0.717, 1.165) is 16.0 Å². The number of Topliss-reactive ketones (excluding diaryl/α,β-unsaturated/α-hetero) is 1. The van der Waals surface area contributed by atoms with Gasteiger partial charge < -0.3 is 14.8 Å². The van der Waals surface area contributed by atoms with E-state index in [2.05, 4.69) is 15.5 Å². The van der Waals surface area contributed by atoms with Gasteiger partial charge in [-0.2, -0.15) is 0 Å². The summed E-state index contributed by atoms with van der Waals surface area (Å²) in [5.74, 6) is 1.39. The Balaban J connectivity index is 2.04. The van der Waals surface area contributed by atoms with Crippen LogP contribution in [0.5, 0.6) is 11.5 Å². The Morgan fingerprint density at radius 3 is 2.82 bits per heavy atom. The normalized spacial score (nSPS) is 10.3. The maximum Gasteiger partial charge on any atom is 0.206 e. The largest absolute Gasteiger partial charge is 0.497 e. The molecule has 0 fully saturated rings. The van der Waals surface area contributed by atoms with Crippen molar-refractivity contribution in [3.8, 4) is 11.5 Å². The van der Waals surface area contributed by atoms with E-state index in [1.165, 1.54) is 23.1 Å². The summed E-state index contributed by atoms with van der Waals surface area (Å²) in [6.07, 6.45) is 0. The highest BCUT2D eigenvalue weighted by molar-refractivity contribution is 8.01. The van der Waals surface area contributed by atoms with Gasteiger partial charge in [-0.05, 0) is 25.1 Å². The molecule has 6 nitrogen and oxygen atoms in total. The van der Waals surface area contributed by atoms with Crippen LogP contribution in [0.2, 0.25) is 0 Å². The molecule has 0 aliphatic rings. The molecule has 0 saturated carbocycles. The average molecular weight is 339 g/mol. The molecule has 0 radical (unpaired) electrons. The summed E-state index contributed by atoms with van der Waals surface area (Å²) in [5, 5.41) is 11.9. The molecule has 118 valence electrons. The molecule has 8 heteroatoms. The van der Waals surface area contributed by atoms with E-state index < -0.39 is 0 Å². The van der Waals surface area contributed by atoms with E-state index in [9.17, 15) is 4.79 Å². The number of nitrogens with zero attached hydrogens (tertiary/aromatic N) is 2. The quantitative estimate of drug-likeness (QED) is 0.585. The highest BCUT2D eigenvalue weighted by Gasteiger charge is 2.15. The summed E-state index contributed by atoms with van der Waals surface area (Å²) in [4.78, 5) is 12.4. The minimum Gasteiger partial charge on any atom is -0.497 e. The maximum absolute atomic E-state index is 12.4. The van der Waals surface area contributed by atoms with Crippen LogP contribution in [0.15, 0.2) is 22.5 Å². The first-order valence-corrected chi connectivity index (χ1v) is 8.43. The van der Waals surface area contributed by atoms with E-state index >= 15 is 0 Å². The molecule has 0 amide bonds. The Labute approximate surface area is 137 Å². The van der Waals surface area contributed by atoms with Crippen molar-refractivity contribution < 1.29 is 14.3 Å². The number of carbonyl (C=O) groups excluding carboxylic acids is 1. The monoisotopic (exact) mass is 339 g/mol. The average Bonchev–Trinajstić information content (AvgIpc) is 3.00. The molecule has 0 unspecified atom stereocenters. The van der Waals surface area contributed by atoms with Crippen LogP contribution in [-0.4, -0.2) is 42.5 Å². The Morgan fingerprint density at radius 2 is 2.14 bits per heavy atom. The van der Waals surface area contributed by atoms with Crippen LogP contribution in [0.25, 0.3) is 0 Å². The lowest BCUT2D eigenvalue weighted by Crippen LogP contribution is -2.05. The summed E-state index contributed by atoms with van der Waals surface area (Å²) < 4.78 is 11.1. The van der Waals surface area contributed by atoms with Crippen LogP contribution in [0, 0.1) is 0 Å². The molecule has 1 N–H and O–H groups in total. The van der Waals surface area contributed by atoms with Crippen molar-refractivity contribution in [2.45, 2.75) is 11.3 Å². The zero-order valence-corrected chi connectivity index (χ0v) is 14.2. The lowest BCUT2D eigenvalue weighted by molar-refractivity contribution is 0.101. The SMILES string of the molecule is CCNc1nnc(SCC(=O)c2cc(OC)ccc2OC)s1. The molecule has 2 aromatic rings. The van der Waals surface area contributed by atoms with Crippen molar-refractivity contribution in [2.75, 3.05) is 31.8 Å². The van der Waals surface area contributed by atoms with Crippen LogP contribution in [0.1, 0.15) is 17.3 Å². The fourth-order valence-corrected chi connectivity index (χ4v) is 3.43. The lowest BCUT2D eigenvalue weighted by Gasteiger charge is -2.09. The molecule has 0 spiro atoms. The predicted octanol–water partition coefficient (Wildman–Crippen LogP) is 2.96. The van der Waals surface area contributed by atoms with Crippen LogP contribution in [-0.2, 0) is 0 Å². The van der Waals surface area contributed by atoms with Crippen LogP contribution in [0.3, 0.4) is 0 Å². The Bertz CT molecular complexity index is 646. The first-order chi connectivity index (χ1) is 10.7. The van der Waals surface area contributed by atoms with Gasteiger partial charge in [-0.15, -0.1) is 10.2 Å². The number of anilines is 1. The van der Waals surface area contributed by atoms with Gasteiger partial charge in [0.2, 0.25) is 5.13 Å². The second-order valence-corrected chi connectivity index (χ2v) is 6.38. The zero-order valence-electron chi connectivity index (χ0n) is 12.6. The molecule has 0 saturated heterocycles. The molecule has 1 aromatic heterocycles. The number of thioether (sulfide) groups is 1. The van der Waals surface area contributed by atoms with Crippen molar-refractivity contribution in [3.63, 3.8) is 0 Å². The molecule has 0 bridgehead atoms. The van der Waals surface area contributed by atoms with Gasteiger partial charge in [-0.3, -0.25) is 4.79 Å². The summed E-state index contributed by atoms with van der Waals surface area (Å²) in [6, 6.07) is 5.17. The van der Waals surface area contributed by atoms with Crippen LogP contribution < -0.4 is 14.8 Å². The van der Waals surface area contributed by atoms with Gasteiger partial charge >= 0.3 is 0 Å². The van der Waals surface area contributed by atoms with Crippen LogP contribution in [0.4, 0.5) is 5.13 Å². The lowest BCUT2D eigenvalue weighted by atomic mass is 10.1. The minimum atomic E-state index is -0.0408. The summed E-state index contributed by atoms with van der Waals surface area (Å²) in [7, 11) is 3.10. The molecule has 0 aliphatic carbocycles. The van der Waals surface area contributed by atoms with Crippen molar-refractivity contribution in [3.05, 3.63) is 23.8 Å². The Kier molecular flexibility index (Phi) is 6.02. The van der Waals surface area contributed by atoms with E-state index in [-0.39, 0.29) is 11.5 Å². The Hall–Kier alpha value is -1.80. The molecule has 1 aromatic carbocycles. The van der Waals surface area contributed by atoms with E-state index in [1.54, 1.807) is 32.4 Å². The standard InChI is InChI=1S/C14H17N3O3S2/c1-4-15-13-16-17-14(22-13)21-8-11(18)10-7-9(19-2)5-6-12(10)20-3/h5-7H,4,8H2,1-3H3,(H,15,16). The van der Waals surface area contributed by atoms with Gasteiger partial charge in [-0.25, -0.2) is 0 Å². The van der Waals surface area contributed by atoms with Gasteiger partial charge in [0.25, 0.3) is 0 Å². The predicted molar refractivity (Wildman–Crippen MR) is 88.7 cm³/mol. The number of nitrogens with one attached hydrogen (secondary N) is 1. The third-order valence-corrected chi connectivity index (χ3v) is 4.78. The minimum absolute atomic E-state index is 0.0408. The van der Waals surface area contributed by atoms with Gasteiger partial charge in [0, 0.05) is 6.54 Å². The van der Waals surface area contributed by atoms with E-state index in [4.69, 9.17) is 9.47 Å². The fraction of sp³-hybridized carbons (Fsp3) is 0.357. The fourth-order valence-electron chi connectivity index (χ4n) is 1.73. The second kappa shape index (κ2) is 8.00. The smallest absolute Gasteiger partial charge is 0.206 e. The number of hydrogen-bond donors (Lipinski definition) is 1. The number of carbonyl (C=O) groups is 1. The summed E-state index contributed by atoms with van der Waals surface area (Å²) >= 11 is 2.80. The number of methoxy groups -OCH3 is 2. The number of rotatable bonds is 8. The maximum atomic E-state index is 12.4. The van der Waals surface area contributed by atoms with Crippen molar-refractivity contribution in [1.29, 1.82) is 0 Å². The highest BCUT2D eigenvalue weighted by atomic mass is 32.2. The summed E-state index contributed by atoms with van der Waals surface area (Å²) in [6.45, 7) is 2.78. The van der Waals surface area contributed by atoms with Gasteiger partial charge in [0.1, 0.15) is 11.5 Å². The number of aromatic nitrogens is 2. The molecule has 2 rings (SSSR count). The topological polar surface area (TPSA) is 73.3 Å². The van der Waals surface area contributed by atoms with Gasteiger partial charge in [0.15, 0.2) is 10.1 Å². The second-order valence-electron chi connectivity index (χ2n) is 4.18. The van der Waals surface area contributed by atoms with Gasteiger partial charge in [0.05, 0.1) is 25.5 Å². The molecule has 0 aliphatic heterocycles. The first-order valence-electron chi connectivity index (χ1n) is 6.63. The number of hydrogen-bond acceptors (Lipinski definition) is 8. The van der Waals surface area contributed by atoms with Crippen molar-refractivity contribution >= 4 is 34.0 Å². The zero-order chi connectivity index (χ0) is 15.9. The van der Waals surface area contributed by atoms with Gasteiger partial charge in [-0.1, -0.05) is 23.1 Å². The molecular weight excluding hydrogens is 322 g/mol. The number of ketones is 1. The van der Waals surface area contributed by atoms with Crippen LogP contribution >= 0.6 is 23.1 Å². The third kappa shape index (κ3) is 4.11.